The van der Waals surface area contributed by atoms with E-state index in [4.69, 9.17) is 0 Å². The number of aryl methyl sites for hydroxylation is 1. The Labute approximate surface area is 156 Å². The van der Waals surface area contributed by atoms with Gasteiger partial charge in [-0.2, -0.15) is 0 Å². The lowest BCUT2D eigenvalue weighted by Crippen LogP contribution is -2.48. The molecular formula is C20H21F3N2O2. The highest BCUT2D eigenvalue weighted by Gasteiger charge is 2.31. The third kappa shape index (κ3) is 5.47. The minimum absolute atomic E-state index is 0.0343. The molecule has 7 heteroatoms. The van der Waals surface area contributed by atoms with Gasteiger partial charge in [-0.05, 0) is 36.8 Å². The zero-order chi connectivity index (χ0) is 19.4. The van der Waals surface area contributed by atoms with Crippen molar-refractivity contribution in [2.24, 2.45) is 0 Å². The van der Waals surface area contributed by atoms with Gasteiger partial charge in [0.1, 0.15) is 5.75 Å². The Morgan fingerprint density at radius 3 is 2.30 bits per heavy atom. The zero-order valence-corrected chi connectivity index (χ0v) is 15.0. The second-order valence-electron chi connectivity index (χ2n) is 6.63. The molecule has 0 aromatic heterocycles. The molecule has 1 fully saturated rings. The Hall–Kier alpha value is -2.54. The lowest BCUT2D eigenvalue weighted by atomic mass is 10.1. The van der Waals surface area contributed by atoms with E-state index in [1.807, 2.05) is 36.1 Å². The van der Waals surface area contributed by atoms with Crippen LogP contribution < -0.4 is 4.74 Å². The molecule has 0 radical (unpaired) electrons. The van der Waals surface area contributed by atoms with Crippen LogP contribution in [0.5, 0.6) is 5.75 Å². The second-order valence-corrected chi connectivity index (χ2v) is 6.63. The first-order valence-electron chi connectivity index (χ1n) is 8.73. The molecule has 1 saturated heterocycles. The Balaban J connectivity index is 1.51. The minimum atomic E-state index is -4.68. The summed E-state index contributed by atoms with van der Waals surface area (Å²) in [6, 6.07) is 13.5. The molecule has 144 valence electrons. The number of alkyl halides is 3. The molecule has 0 N–H and O–H groups in total. The van der Waals surface area contributed by atoms with Crippen molar-refractivity contribution < 1.29 is 22.7 Å². The summed E-state index contributed by atoms with van der Waals surface area (Å²) in [7, 11) is 0. The summed E-state index contributed by atoms with van der Waals surface area (Å²) in [5, 5.41) is 0. The van der Waals surface area contributed by atoms with E-state index in [0.717, 1.165) is 24.2 Å². The number of benzene rings is 2. The van der Waals surface area contributed by atoms with Crippen LogP contribution in [-0.2, 0) is 6.54 Å². The van der Waals surface area contributed by atoms with Gasteiger partial charge in [0.25, 0.3) is 5.91 Å². The van der Waals surface area contributed by atoms with Crippen LogP contribution in [0.4, 0.5) is 13.2 Å². The van der Waals surface area contributed by atoms with Crippen LogP contribution in [0.15, 0.2) is 48.5 Å². The summed E-state index contributed by atoms with van der Waals surface area (Å²) in [6.07, 6.45) is -4.68. The zero-order valence-electron chi connectivity index (χ0n) is 15.0. The summed E-state index contributed by atoms with van der Waals surface area (Å²) in [5.74, 6) is -0.188. The highest BCUT2D eigenvalue weighted by molar-refractivity contribution is 5.94. The number of hydrogen-bond acceptors (Lipinski definition) is 3. The van der Waals surface area contributed by atoms with E-state index in [-0.39, 0.29) is 11.7 Å². The number of halogens is 3. The number of carbonyl (C=O) groups excluding carboxylic acids is 1. The highest BCUT2D eigenvalue weighted by atomic mass is 19.4. The van der Waals surface area contributed by atoms with Crippen LogP contribution in [0.3, 0.4) is 0 Å². The molecule has 4 nitrogen and oxygen atoms in total. The first-order valence-corrected chi connectivity index (χ1v) is 8.73. The molecule has 0 spiro atoms. The summed E-state index contributed by atoms with van der Waals surface area (Å²) >= 11 is 0. The van der Waals surface area contributed by atoms with Gasteiger partial charge >= 0.3 is 6.36 Å². The lowest BCUT2D eigenvalue weighted by molar-refractivity contribution is -0.274. The third-order valence-corrected chi connectivity index (χ3v) is 4.49. The van der Waals surface area contributed by atoms with Gasteiger partial charge in [0.2, 0.25) is 0 Å². The summed E-state index contributed by atoms with van der Waals surface area (Å²) in [6.45, 7) is 5.28. The van der Waals surface area contributed by atoms with E-state index < -0.39 is 6.36 Å². The Kier molecular flexibility index (Phi) is 5.70. The fourth-order valence-corrected chi connectivity index (χ4v) is 3.12. The molecule has 0 bridgehead atoms. The number of ether oxygens (including phenoxy) is 1. The van der Waals surface area contributed by atoms with Crippen molar-refractivity contribution in [2.45, 2.75) is 19.8 Å². The number of piperazine rings is 1. The standard InChI is InChI=1S/C20H21F3N2O2/c1-15-3-2-4-17(13-15)19(26)25-11-9-24(10-12-25)14-16-5-7-18(8-6-16)27-20(21,22)23/h2-8,13H,9-12,14H2,1H3. The predicted molar refractivity (Wildman–Crippen MR) is 95.5 cm³/mol. The molecule has 0 atom stereocenters. The van der Waals surface area contributed by atoms with Crippen LogP contribution in [0, 0.1) is 6.92 Å². The molecule has 1 aliphatic heterocycles. The molecule has 0 aliphatic carbocycles. The van der Waals surface area contributed by atoms with Crippen LogP contribution in [0.2, 0.25) is 0 Å². The number of hydrogen-bond donors (Lipinski definition) is 0. The monoisotopic (exact) mass is 378 g/mol. The molecule has 27 heavy (non-hydrogen) atoms. The average molecular weight is 378 g/mol. The van der Waals surface area contributed by atoms with Crippen LogP contribution in [-0.4, -0.2) is 48.2 Å². The SMILES string of the molecule is Cc1cccc(C(=O)N2CCN(Cc3ccc(OC(F)(F)F)cc3)CC2)c1. The minimum Gasteiger partial charge on any atom is -0.406 e. The van der Waals surface area contributed by atoms with E-state index in [2.05, 4.69) is 9.64 Å². The third-order valence-electron chi connectivity index (χ3n) is 4.49. The normalized spacial score (nSPS) is 15.6. The topological polar surface area (TPSA) is 32.8 Å². The fraction of sp³-hybridized carbons (Fsp3) is 0.350. The number of carbonyl (C=O) groups is 1. The quantitative estimate of drug-likeness (QED) is 0.810. The smallest absolute Gasteiger partial charge is 0.406 e. The van der Waals surface area contributed by atoms with Crippen LogP contribution in [0.25, 0.3) is 0 Å². The van der Waals surface area contributed by atoms with Crippen molar-refractivity contribution in [1.82, 2.24) is 9.80 Å². The Bertz CT molecular complexity index is 783. The first kappa shape index (κ1) is 19.2. The van der Waals surface area contributed by atoms with Crippen molar-refractivity contribution in [3.05, 3.63) is 65.2 Å². The second kappa shape index (κ2) is 8.00. The van der Waals surface area contributed by atoms with E-state index >= 15 is 0 Å². The van der Waals surface area contributed by atoms with Crippen molar-refractivity contribution in [1.29, 1.82) is 0 Å². The van der Waals surface area contributed by atoms with E-state index in [1.54, 1.807) is 12.1 Å². The molecule has 2 aromatic carbocycles. The molecule has 1 aliphatic rings. The van der Waals surface area contributed by atoms with Gasteiger partial charge < -0.3 is 9.64 Å². The molecular weight excluding hydrogens is 357 g/mol. The van der Waals surface area contributed by atoms with Crippen LogP contribution >= 0.6 is 0 Å². The number of rotatable bonds is 4. The molecule has 3 rings (SSSR count). The number of amides is 1. The summed E-state index contributed by atoms with van der Waals surface area (Å²) < 4.78 is 40.5. The van der Waals surface area contributed by atoms with Gasteiger partial charge in [-0.25, -0.2) is 0 Å². The summed E-state index contributed by atoms with van der Waals surface area (Å²) in [5.41, 5.74) is 2.66. The maximum Gasteiger partial charge on any atom is 0.573 e. The van der Waals surface area contributed by atoms with E-state index in [9.17, 15) is 18.0 Å². The molecule has 0 unspecified atom stereocenters. The fourth-order valence-electron chi connectivity index (χ4n) is 3.12. The molecule has 1 amide bonds. The van der Waals surface area contributed by atoms with E-state index in [0.29, 0.717) is 25.2 Å². The molecule has 2 aromatic rings. The van der Waals surface area contributed by atoms with Crippen molar-refractivity contribution in [3.8, 4) is 5.75 Å². The summed E-state index contributed by atoms with van der Waals surface area (Å²) in [4.78, 5) is 16.6. The molecule has 0 saturated carbocycles. The van der Waals surface area contributed by atoms with E-state index in [1.165, 1.54) is 12.1 Å². The van der Waals surface area contributed by atoms with Gasteiger partial charge in [0, 0.05) is 38.3 Å². The first-order chi connectivity index (χ1) is 12.8. The van der Waals surface area contributed by atoms with Crippen molar-refractivity contribution in [3.63, 3.8) is 0 Å². The Morgan fingerprint density at radius 1 is 1.04 bits per heavy atom. The predicted octanol–water partition coefficient (Wildman–Crippen LogP) is 3.85. The largest absolute Gasteiger partial charge is 0.573 e. The van der Waals surface area contributed by atoms with Gasteiger partial charge in [0.05, 0.1) is 0 Å². The Morgan fingerprint density at radius 2 is 1.70 bits per heavy atom. The van der Waals surface area contributed by atoms with Gasteiger partial charge in [0.15, 0.2) is 0 Å². The maximum absolute atomic E-state index is 12.6. The highest BCUT2D eigenvalue weighted by Crippen LogP contribution is 2.23. The lowest BCUT2D eigenvalue weighted by Gasteiger charge is -2.34. The van der Waals surface area contributed by atoms with Gasteiger partial charge in [-0.15, -0.1) is 13.2 Å². The van der Waals surface area contributed by atoms with Crippen LogP contribution in [0.1, 0.15) is 21.5 Å². The van der Waals surface area contributed by atoms with Gasteiger partial charge in [-0.1, -0.05) is 29.8 Å². The number of nitrogens with zero attached hydrogens (tertiary/aromatic N) is 2. The maximum atomic E-state index is 12.6. The molecule has 1 heterocycles. The van der Waals surface area contributed by atoms with Crippen molar-refractivity contribution in [2.75, 3.05) is 26.2 Å². The average Bonchev–Trinajstić information content (AvgIpc) is 2.62. The van der Waals surface area contributed by atoms with Gasteiger partial charge in [-0.3, -0.25) is 9.69 Å². The van der Waals surface area contributed by atoms with Crippen molar-refractivity contribution >= 4 is 5.91 Å².